The van der Waals surface area contributed by atoms with Crippen LogP contribution in [0.5, 0.6) is 0 Å². The Bertz CT molecular complexity index is 495. The number of pyridine rings is 1. The molecule has 2 unspecified atom stereocenters. The topological polar surface area (TPSA) is 77.1 Å². The molecule has 0 bridgehead atoms. The molecule has 5 nitrogen and oxygen atoms in total. The standard InChI is InChI=1S/C13H19N3O2/c1-16-5-4-10(7-12(16)17)13(18)15-8-9-2-3-11(14)6-9/h4-5,7,9,11H,2-3,6,8,14H2,1H3,(H,15,18). The summed E-state index contributed by atoms with van der Waals surface area (Å²) in [6.07, 6.45) is 4.67. The average Bonchev–Trinajstić information content (AvgIpc) is 2.75. The maximum atomic E-state index is 11.9. The Hall–Kier alpha value is -1.62. The van der Waals surface area contributed by atoms with Crippen molar-refractivity contribution < 1.29 is 4.79 Å². The van der Waals surface area contributed by atoms with Crippen LogP contribution < -0.4 is 16.6 Å². The molecule has 2 rings (SSSR count). The Balaban J connectivity index is 1.91. The molecule has 98 valence electrons. The second-order valence-corrected chi connectivity index (χ2v) is 5.01. The van der Waals surface area contributed by atoms with Gasteiger partial charge in [0.1, 0.15) is 0 Å². The van der Waals surface area contributed by atoms with E-state index < -0.39 is 0 Å². The van der Waals surface area contributed by atoms with Gasteiger partial charge >= 0.3 is 0 Å². The zero-order chi connectivity index (χ0) is 13.1. The van der Waals surface area contributed by atoms with Crippen molar-refractivity contribution >= 4 is 5.91 Å². The maximum absolute atomic E-state index is 11.9. The Morgan fingerprint density at radius 3 is 2.94 bits per heavy atom. The number of aryl methyl sites for hydroxylation is 1. The molecule has 3 N–H and O–H groups in total. The number of hydrogen-bond donors (Lipinski definition) is 2. The van der Waals surface area contributed by atoms with Crippen LogP contribution in [0.2, 0.25) is 0 Å². The van der Waals surface area contributed by atoms with E-state index in [1.807, 2.05) is 0 Å². The number of hydrogen-bond acceptors (Lipinski definition) is 3. The van der Waals surface area contributed by atoms with Gasteiger partial charge in [-0.25, -0.2) is 0 Å². The van der Waals surface area contributed by atoms with E-state index in [9.17, 15) is 9.59 Å². The fourth-order valence-corrected chi connectivity index (χ4v) is 2.33. The first-order valence-electron chi connectivity index (χ1n) is 6.26. The number of carbonyl (C=O) groups is 1. The molecular formula is C13H19N3O2. The number of rotatable bonds is 3. The van der Waals surface area contributed by atoms with E-state index in [0.717, 1.165) is 19.3 Å². The molecule has 18 heavy (non-hydrogen) atoms. The van der Waals surface area contributed by atoms with Gasteiger partial charge in [-0.15, -0.1) is 0 Å². The van der Waals surface area contributed by atoms with Crippen LogP contribution >= 0.6 is 0 Å². The predicted molar refractivity (Wildman–Crippen MR) is 69.3 cm³/mol. The summed E-state index contributed by atoms with van der Waals surface area (Å²) in [6.45, 7) is 0.641. The molecule has 1 saturated carbocycles. The van der Waals surface area contributed by atoms with Gasteiger partial charge in [-0.3, -0.25) is 9.59 Å². The number of carbonyl (C=O) groups excluding carboxylic acids is 1. The third-order valence-corrected chi connectivity index (χ3v) is 3.50. The lowest BCUT2D eigenvalue weighted by Crippen LogP contribution is -2.30. The molecule has 1 amide bonds. The highest BCUT2D eigenvalue weighted by Crippen LogP contribution is 2.23. The smallest absolute Gasteiger partial charge is 0.251 e. The lowest BCUT2D eigenvalue weighted by Gasteiger charge is -2.11. The quantitative estimate of drug-likeness (QED) is 0.805. The van der Waals surface area contributed by atoms with Crippen LogP contribution in [-0.4, -0.2) is 23.1 Å². The summed E-state index contributed by atoms with van der Waals surface area (Å²) in [6, 6.07) is 3.28. The Kier molecular flexibility index (Phi) is 3.81. The monoisotopic (exact) mass is 249 g/mol. The Morgan fingerprint density at radius 1 is 1.56 bits per heavy atom. The second kappa shape index (κ2) is 5.35. The van der Waals surface area contributed by atoms with Crippen LogP contribution in [0.25, 0.3) is 0 Å². The maximum Gasteiger partial charge on any atom is 0.251 e. The van der Waals surface area contributed by atoms with Crippen molar-refractivity contribution in [3.63, 3.8) is 0 Å². The molecule has 1 heterocycles. The van der Waals surface area contributed by atoms with Crippen LogP contribution in [0, 0.1) is 5.92 Å². The van der Waals surface area contributed by atoms with E-state index in [1.54, 1.807) is 19.3 Å². The van der Waals surface area contributed by atoms with Gasteiger partial charge in [0.2, 0.25) is 0 Å². The van der Waals surface area contributed by atoms with Crippen LogP contribution in [-0.2, 0) is 7.05 Å². The normalized spacial score (nSPS) is 23.0. The minimum absolute atomic E-state index is 0.175. The van der Waals surface area contributed by atoms with Crippen molar-refractivity contribution in [2.24, 2.45) is 18.7 Å². The number of nitrogens with two attached hydrogens (primary N) is 1. The molecule has 0 spiro atoms. The summed E-state index contributed by atoms with van der Waals surface area (Å²) in [5, 5.41) is 2.87. The largest absolute Gasteiger partial charge is 0.352 e. The molecule has 1 aromatic rings. The molecule has 1 aromatic heterocycles. The highest BCUT2D eigenvalue weighted by Gasteiger charge is 2.22. The van der Waals surface area contributed by atoms with Crippen molar-refractivity contribution in [2.75, 3.05) is 6.54 Å². The number of aromatic nitrogens is 1. The molecule has 1 fully saturated rings. The van der Waals surface area contributed by atoms with E-state index in [2.05, 4.69) is 5.32 Å². The van der Waals surface area contributed by atoms with Crippen LogP contribution in [0.4, 0.5) is 0 Å². The van der Waals surface area contributed by atoms with Crippen molar-refractivity contribution in [2.45, 2.75) is 25.3 Å². The molecule has 0 aromatic carbocycles. The van der Waals surface area contributed by atoms with Gasteiger partial charge in [-0.2, -0.15) is 0 Å². The minimum Gasteiger partial charge on any atom is -0.352 e. The van der Waals surface area contributed by atoms with E-state index in [4.69, 9.17) is 5.73 Å². The summed E-state index contributed by atoms with van der Waals surface area (Å²) >= 11 is 0. The highest BCUT2D eigenvalue weighted by atomic mass is 16.2. The predicted octanol–water partition coefficient (Wildman–Crippen LogP) is 0.243. The van der Waals surface area contributed by atoms with Crippen molar-refractivity contribution in [3.05, 3.63) is 34.2 Å². The Morgan fingerprint density at radius 2 is 2.33 bits per heavy atom. The van der Waals surface area contributed by atoms with E-state index in [0.29, 0.717) is 18.0 Å². The Labute approximate surface area is 106 Å². The lowest BCUT2D eigenvalue weighted by atomic mass is 10.1. The summed E-state index contributed by atoms with van der Waals surface area (Å²) in [5.41, 5.74) is 6.06. The third kappa shape index (κ3) is 2.98. The third-order valence-electron chi connectivity index (χ3n) is 3.50. The summed E-state index contributed by atoms with van der Waals surface area (Å²) < 4.78 is 1.44. The molecule has 0 aliphatic heterocycles. The molecule has 0 radical (unpaired) electrons. The molecular weight excluding hydrogens is 230 g/mol. The summed E-state index contributed by atoms with van der Waals surface area (Å²) in [7, 11) is 1.66. The van der Waals surface area contributed by atoms with E-state index >= 15 is 0 Å². The summed E-state index contributed by atoms with van der Waals surface area (Å²) in [5.74, 6) is 0.281. The molecule has 0 saturated heterocycles. The first kappa shape index (κ1) is 12.8. The van der Waals surface area contributed by atoms with Crippen LogP contribution in [0.15, 0.2) is 23.1 Å². The van der Waals surface area contributed by atoms with E-state index in [1.165, 1.54) is 10.6 Å². The van der Waals surface area contributed by atoms with Crippen molar-refractivity contribution in [1.82, 2.24) is 9.88 Å². The van der Waals surface area contributed by atoms with Crippen LogP contribution in [0.3, 0.4) is 0 Å². The zero-order valence-electron chi connectivity index (χ0n) is 10.6. The van der Waals surface area contributed by atoms with Gasteiger partial charge in [0, 0.05) is 37.5 Å². The first-order chi connectivity index (χ1) is 8.56. The lowest BCUT2D eigenvalue weighted by molar-refractivity contribution is 0.0947. The van der Waals surface area contributed by atoms with Gasteiger partial charge in [-0.05, 0) is 31.2 Å². The van der Waals surface area contributed by atoms with E-state index in [-0.39, 0.29) is 17.5 Å². The van der Waals surface area contributed by atoms with Crippen LogP contribution in [0.1, 0.15) is 29.6 Å². The second-order valence-electron chi connectivity index (χ2n) is 5.01. The minimum atomic E-state index is -0.187. The number of nitrogens with zero attached hydrogens (tertiary/aromatic N) is 1. The van der Waals surface area contributed by atoms with Gasteiger partial charge in [0.05, 0.1) is 0 Å². The van der Waals surface area contributed by atoms with Crippen molar-refractivity contribution in [1.29, 1.82) is 0 Å². The van der Waals surface area contributed by atoms with Crippen molar-refractivity contribution in [3.8, 4) is 0 Å². The highest BCUT2D eigenvalue weighted by molar-refractivity contribution is 5.93. The summed E-state index contributed by atoms with van der Waals surface area (Å²) in [4.78, 5) is 23.3. The number of amides is 1. The zero-order valence-corrected chi connectivity index (χ0v) is 10.6. The number of nitrogens with one attached hydrogen (secondary N) is 1. The van der Waals surface area contributed by atoms with Gasteiger partial charge < -0.3 is 15.6 Å². The van der Waals surface area contributed by atoms with Gasteiger partial charge in [0.15, 0.2) is 0 Å². The SMILES string of the molecule is Cn1ccc(C(=O)NCC2CCC(N)C2)cc1=O. The molecule has 5 heteroatoms. The fourth-order valence-electron chi connectivity index (χ4n) is 2.33. The fraction of sp³-hybridized carbons (Fsp3) is 0.538. The molecule has 1 aliphatic rings. The average molecular weight is 249 g/mol. The first-order valence-corrected chi connectivity index (χ1v) is 6.26. The van der Waals surface area contributed by atoms with Gasteiger partial charge in [-0.1, -0.05) is 0 Å². The molecule has 2 atom stereocenters. The van der Waals surface area contributed by atoms with Gasteiger partial charge in [0.25, 0.3) is 11.5 Å². The molecule has 1 aliphatic carbocycles.